The molecule has 0 fully saturated rings. The van der Waals surface area contributed by atoms with E-state index in [-0.39, 0.29) is 5.25 Å². The molecule has 0 bridgehead atoms. The number of aryl methyl sites for hydroxylation is 1. The summed E-state index contributed by atoms with van der Waals surface area (Å²) in [6, 6.07) is 0. The van der Waals surface area contributed by atoms with E-state index in [1.807, 2.05) is 24.0 Å². The van der Waals surface area contributed by atoms with Crippen LogP contribution in [0.25, 0.3) is 0 Å². The summed E-state index contributed by atoms with van der Waals surface area (Å²) in [7, 11) is 0. The molecule has 0 aromatic carbocycles. The van der Waals surface area contributed by atoms with E-state index < -0.39 is 0 Å². The zero-order valence-corrected chi connectivity index (χ0v) is 7.18. The predicted octanol–water partition coefficient (Wildman–Crippen LogP) is 1.89. The lowest BCUT2D eigenvalue weighted by Gasteiger charge is -1.95. The number of rotatable bonds is 2. The molecule has 0 aliphatic carbocycles. The summed E-state index contributed by atoms with van der Waals surface area (Å²) >= 11 is 4.26. The van der Waals surface area contributed by atoms with Gasteiger partial charge in [0.2, 0.25) is 0 Å². The third-order valence-electron chi connectivity index (χ3n) is 1.45. The normalized spacial score (nSPS) is 13.5. The molecule has 0 radical (unpaired) electrons. The fraction of sp³-hybridized carbons (Fsp3) is 0.571. The standard InChI is InChI=1S/C7H12N2S/c1-3-9-4-7(6(2)10)8-5-9/h4-6,10H,3H2,1-2H3. The highest BCUT2D eigenvalue weighted by atomic mass is 32.1. The fourth-order valence-corrected chi connectivity index (χ4v) is 0.899. The summed E-state index contributed by atoms with van der Waals surface area (Å²) in [6.07, 6.45) is 3.86. The van der Waals surface area contributed by atoms with Crippen molar-refractivity contribution in [2.24, 2.45) is 0 Å². The molecule has 10 heavy (non-hydrogen) atoms. The Kier molecular flexibility index (Phi) is 2.38. The van der Waals surface area contributed by atoms with Gasteiger partial charge in [-0.05, 0) is 13.8 Å². The minimum atomic E-state index is 0.243. The van der Waals surface area contributed by atoms with Crippen molar-refractivity contribution in [3.05, 3.63) is 18.2 Å². The second-order valence-electron chi connectivity index (χ2n) is 2.30. The average molecular weight is 156 g/mol. The van der Waals surface area contributed by atoms with Gasteiger partial charge in [0.05, 0.1) is 12.0 Å². The van der Waals surface area contributed by atoms with Crippen LogP contribution in [0.15, 0.2) is 12.5 Å². The van der Waals surface area contributed by atoms with Gasteiger partial charge in [0.25, 0.3) is 0 Å². The molecule has 0 saturated carbocycles. The second kappa shape index (κ2) is 3.10. The number of thiol groups is 1. The molecule has 2 nitrogen and oxygen atoms in total. The highest BCUT2D eigenvalue weighted by Gasteiger charge is 2.01. The number of hydrogen-bond donors (Lipinski definition) is 1. The molecule has 3 heteroatoms. The largest absolute Gasteiger partial charge is 0.337 e. The van der Waals surface area contributed by atoms with E-state index in [0.717, 1.165) is 12.2 Å². The molecule has 1 rings (SSSR count). The van der Waals surface area contributed by atoms with Crippen LogP contribution in [0.3, 0.4) is 0 Å². The van der Waals surface area contributed by atoms with E-state index in [9.17, 15) is 0 Å². The molecular formula is C7H12N2S. The van der Waals surface area contributed by atoms with Crippen LogP contribution in [0, 0.1) is 0 Å². The highest BCUT2D eigenvalue weighted by molar-refractivity contribution is 7.80. The maximum atomic E-state index is 4.26. The topological polar surface area (TPSA) is 17.8 Å². The van der Waals surface area contributed by atoms with Crippen LogP contribution in [0.5, 0.6) is 0 Å². The van der Waals surface area contributed by atoms with Gasteiger partial charge in [0, 0.05) is 18.0 Å². The van der Waals surface area contributed by atoms with E-state index in [1.165, 1.54) is 0 Å². The second-order valence-corrected chi connectivity index (χ2v) is 3.08. The van der Waals surface area contributed by atoms with E-state index in [4.69, 9.17) is 0 Å². The van der Waals surface area contributed by atoms with Crippen LogP contribution in [0.4, 0.5) is 0 Å². The Morgan fingerprint density at radius 1 is 1.80 bits per heavy atom. The van der Waals surface area contributed by atoms with Crippen molar-refractivity contribution < 1.29 is 0 Å². The van der Waals surface area contributed by atoms with Crippen molar-refractivity contribution in [3.8, 4) is 0 Å². The number of imidazole rings is 1. The number of aromatic nitrogens is 2. The summed E-state index contributed by atoms with van der Waals surface area (Å²) in [4.78, 5) is 4.17. The van der Waals surface area contributed by atoms with Crippen molar-refractivity contribution in [1.82, 2.24) is 9.55 Å². The summed E-state index contributed by atoms with van der Waals surface area (Å²) in [5.41, 5.74) is 1.05. The monoisotopic (exact) mass is 156 g/mol. The maximum absolute atomic E-state index is 4.26. The van der Waals surface area contributed by atoms with Gasteiger partial charge in [-0.2, -0.15) is 12.6 Å². The molecule has 1 aromatic rings. The van der Waals surface area contributed by atoms with E-state index in [0.29, 0.717) is 0 Å². The van der Waals surface area contributed by atoms with Gasteiger partial charge in [-0.15, -0.1) is 0 Å². The molecular weight excluding hydrogens is 144 g/mol. The van der Waals surface area contributed by atoms with Crippen molar-refractivity contribution in [3.63, 3.8) is 0 Å². The van der Waals surface area contributed by atoms with Crippen LogP contribution in [0.2, 0.25) is 0 Å². The van der Waals surface area contributed by atoms with Gasteiger partial charge in [0.15, 0.2) is 0 Å². The van der Waals surface area contributed by atoms with Crippen LogP contribution in [-0.4, -0.2) is 9.55 Å². The molecule has 0 amide bonds. The first kappa shape index (κ1) is 7.66. The van der Waals surface area contributed by atoms with Crippen molar-refractivity contribution in [2.45, 2.75) is 25.6 Å². The van der Waals surface area contributed by atoms with E-state index in [1.54, 1.807) is 0 Å². The molecule has 1 atom stereocenters. The zero-order valence-electron chi connectivity index (χ0n) is 6.28. The first-order valence-corrected chi connectivity index (χ1v) is 3.95. The number of nitrogens with zero attached hydrogens (tertiary/aromatic N) is 2. The Labute approximate surface area is 66.7 Å². The third kappa shape index (κ3) is 1.53. The number of hydrogen-bond acceptors (Lipinski definition) is 2. The Morgan fingerprint density at radius 2 is 2.50 bits per heavy atom. The van der Waals surface area contributed by atoms with E-state index in [2.05, 4.69) is 24.5 Å². The molecule has 0 spiro atoms. The molecule has 1 aromatic heterocycles. The molecule has 0 saturated heterocycles. The molecule has 1 unspecified atom stereocenters. The lowest BCUT2D eigenvalue weighted by Crippen LogP contribution is -1.87. The lowest BCUT2D eigenvalue weighted by molar-refractivity contribution is 0.760. The minimum absolute atomic E-state index is 0.243. The van der Waals surface area contributed by atoms with Crippen molar-refractivity contribution in [2.75, 3.05) is 0 Å². The molecule has 0 aliphatic rings. The Balaban J connectivity index is 2.78. The summed E-state index contributed by atoms with van der Waals surface area (Å²) < 4.78 is 2.04. The summed E-state index contributed by atoms with van der Waals surface area (Å²) in [5, 5.41) is 0.243. The van der Waals surface area contributed by atoms with Gasteiger partial charge in [0.1, 0.15) is 0 Å². The van der Waals surface area contributed by atoms with Gasteiger partial charge < -0.3 is 4.57 Å². The van der Waals surface area contributed by atoms with Crippen LogP contribution >= 0.6 is 12.6 Å². The van der Waals surface area contributed by atoms with Gasteiger partial charge in [-0.25, -0.2) is 4.98 Å². The Hall–Kier alpha value is -0.440. The first-order valence-electron chi connectivity index (χ1n) is 3.43. The maximum Gasteiger partial charge on any atom is 0.0949 e. The highest BCUT2D eigenvalue weighted by Crippen LogP contribution is 2.15. The van der Waals surface area contributed by atoms with Crippen molar-refractivity contribution in [1.29, 1.82) is 0 Å². The average Bonchev–Trinajstić information content (AvgIpc) is 2.34. The van der Waals surface area contributed by atoms with E-state index >= 15 is 0 Å². The van der Waals surface area contributed by atoms with Crippen LogP contribution in [-0.2, 0) is 6.54 Å². The molecule has 1 heterocycles. The predicted molar refractivity (Wildman–Crippen MR) is 45.3 cm³/mol. The van der Waals surface area contributed by atoms with Gasteiger partial charge in [-0.3, -0.25) is 0 Å². The minimum Gasteiger partial charge on any atom is -0.337 e. The Morgan fingerprint density at radius 3 is 2.80 bits per heavy atom. The van der Waals surface area contributed by atoms with Crippen molar-refractivity contribution >= 4 is 12.6 Å². The fourth-order valence-electron chi connectivity index (χ4n) is 0.766. The molecule has 0 aliphatic heterocycles. The Bertz CT molecular complexity index is 205. The van der Waals surface area contributed by atoms with Gasteiger partial charge in [-0.1, -0.05) is 0 Å². The smallest absolute Gasteiger partial charge is 0.0949 e. The SMILES string of the molecule is CCn1cnc(C(C)S)c1. The lowest BCUT2D eigenvalue weighted by atomic mass is 10.4. The van der Waals surface area contributed by atoms with Crippen LogP contribution in [0.1, 0.15) is 24.8 Å². The third-order valence-corrected chi connectivity index (χ3v) is 1.71. The first-order chi connectivity index (χ1) is 4.74. The zero-order chi connectivity index (χ0) is 7.56. The molecule has 56 valence electrons. The summed E-state index contributed by atoms with van der Waals surface area (Å²) in [5.74, 6) is 0. The van der Waals surface area contributed by atoms with Gasteiger partial charge >= 0.3 is 0 Å². The summed E-state index contributed by atoms with van der Waals surface area (Å²) in [6.45, 7) is 5.09. The van der Waals surface area contributed by atoms with Crippen LogP contribution < -0.4 is 0 Å². The molecule has 0 N–H and O–H groups in total. The quantitative estimate of drug-likeness (QED) is 0.647.